The van der Waals surface area contributed by atoms with E-state index < -0.39 is 23.7 Å². The Balaban J connectivity index is 0.00000496. The van der Waals surface area contributed by atoms with Crippen LogP contribution in [0.4, 0.5) is 35.0 Å². The minimum Gasteiger partial charge on any atom is -0.453 e. The van der Waals surface area contributed by atoms with Crippen LogP contribution < -0.4 is 32.1 Å². The molecule has 0 heterocycles. The van der Waals surface area contributed by atoms with Gasteiger partial charge in [-0.05, 0) is 69.2 Å². The van der Waals surface area contributed by atoms with E-state index in [0.717, 1.165) is 12.1 Å². The summed E-state index contributed by atoms with van der Waals surface area (Å²) in [6, 6.07) is 8.14. The number of methoxy groups -OCH3 is 1. The third-order valence-electron chi connectivity index (χ3n) is 5.91. The molecule has 0 aromatic heterocycles. The monoisotopic (exact) mass is 652 g/mol. The van der Waals surface area contributed by atoms with Crippen molar-refractivity contribution in [2.24, 2.45) is 16.6 Å². The highest BCUT2D eigenvalue weighted by Gasteiger charge is 2.32. The first kappa shape index (κ1) is 38.8. The van der Waals surface area contributed by atoms with Crippen LogP contribution in [0.25, 0.3) is 0 Å². The SMILES string of the molecule is CC.COC(=O)NC(=N/C=C/C(N)=C/N(N)c1cc(C(=O)Nc2cc(N(C)CCN(C)C)cc(C(F)(F)F)c2)ccc1C)SC. The van der Waals surface area contributed by atoms with Gasteiger partial charge in [0.05, 0.1) is 24.1 Å². The normalized spacial score (nSPS) is 12.0. The van der Waals surface area contributed by atoms with Gasteiger partial charge in [-0.25, -0.2) is 15.6 Å². The Hall–Kier alpha value is -4.21. The summed E-state index contributed by atoms with van der Waals surface area (Å²) in [7, 11) is 6.66. The van der Waals surface area contributed by atoms with E-state index in [4.69, 9.17) is 11.6 Å². The van der Waals surface area contributed by atoms with Gasteiger partial charge >= 0.3 is 12.3 Å². The maximum atomic E-state index is 13.7. The van der Waals surface area contributed by atoms with Gasteiger partial charge in [0.1, 0.15) is 0 Å². The maximum absolute atomic E-state index is 13.7. The van der Waals surface area contributed by atoms with E-state index in [1.54, 1.807) is 37.3 Å². The summed E-state index contributed by atoms with van der Waals surface area (Å²) in [6.07, 6.45) is 0.646. The van der Waals surface area contributed by atoms with E-state index in [1.807, 2.05) is 32.8 Å². The predicted octanol–water partition coefficient (Wildman–Crippen LogP) is 5.36. The van der Waals surface area contributed by atoms with Crippen molar-refractivity contribution >= 4 is 46.0 Å². The summed E-state index contributed by atoms with van der Waals surface area (Å²) in [5.74, 6) is 5.57. The van der Waals surface area contributed by atoms with Crippen LogP contribution in [0.3, 0.4) is 0 Å². The number of alkyl halides is 3. The second-order valence-corrected chi connectivity index (χ2v) is 10.3. The minimum atomic E-state index is -4.60. The number of benzene rings is 2. The van der Waals surface area contributed by atoms with E-state index in [0.29, 0.717) is 30.0 Å². The number of nitrogens with zero attached hydrogens (tertiary/aromatic N) is 4. The number of amides is 2. The van der Waals surface area contributed by atoms with Crippen molar-refractivity contribution in [3.63, 3.8) is 0 Å². The summed E-state index contributed by atoms with van der Waals surface area (Å²) in [6.45, 7) is 6.88. The Bertz CT molecular complexity index is 1380. The highest BCUT2D eigenvalue weighted by molar-refractivity contribution is 8.13. The summed E-state index contributed by atoms with van der Waals surface area (Å²) in [5.41, 5.74) is 6.97. The van der Waals surface area contributed by atoms with Crippen LogP contribution in [0.15, 0.2) is 65.6 Å². The molecule has 2 amide bonds. The number of carbonyl (C=O) groups is 2. The molecule has 0 aliphatic carbocycles. The first-order chi connectivity index (χ1) is 21.1. The maximum Gasteiger partial charge on any atom is 0.416 e. The summed E-state index contributed by atoms with van der Waals surface area (Å²) in [5, 5.41) is 6.50. The van der Waals surface area contributed by atoms with Crippen molar-refractivity contribution in [1.82, 2.24) is 10.2 Å². The van der Waals surface area contributed by atoms with Crippen LogP contribution in [0, 0.1) is 6.92 Å². The number of aryl methyl sites for hydroxylation is 1. The molecular formula is C30H43F3N8O3S. The molecule has 0 bridgehead atoms. The van der Waals surface area contributed by atoms with Crippen molar-refractivity contribution < 1.29 is 27.5 Å². The lowest BCUT2D eigenvalue weighted by molar-refractivity contribution is -0.137. The van der Waals surface area contributed by atoms with Crippen molar-refractivity contribution in [1.29, 1.82) is 0 Å². The topological polar surface area (TPSA) is 142 Å². The number of nitrogens with two attached hydrogens (primary N) is 2. The average molecular weight is 653 g/mol. The Morgan fingerprint density at radius 3 is 2.33 bits per heavy atom. The molecule has 0 aliphatic rings. The van der Waals surface area contributed by atoms with Crippen LogP contribution in [-0.4, -0.2) is 69.7 Å². The van der Waals surface area contributed by atoms with Gasteiger partial charge in [-0.3, -0.25) is 15.1 Å². The molecule has 2 aromatic carbocycles. The third-order valence-corrected chi connectivity index (χ3v) is 6.50. The number of likely N-dealkylation sites (N-methyl/N-ethyl adjacent to an activating group) is 2. The number of aliphatic imine (C=N–C) groups is 1. The number of allylic oxidation sites excluding steroid dienone is 1. The zero-order valence-corrected chi connectivity index (χ0v) is 27.6. The molecule has 0 atom stereocenters. The van der Waals surface area contributed by atoms with E-state index in [9.17, 15) is 22.8 Å². The molecule has 11 nitrogen and oxygen atoms in total. The second kappa shape index (κ2) is 18.6. The fraction of sp³-hybridized carbons (Fsp3) is 0.367. The van der Waals surface area contributed by atoms with Gasteiger partial charge < -0.3 is 25.6 Å². The van der Waals surface area contributed by atoms with Gasteiger partial charge in [0.25, 0.3) is 5.91 Å². The molecule has 0 spiro atoms. The molecule has 0 saturated carbocycles. The van der Waals surface area contributed by atoms with Crippen molar-refractivity contribution in [3.8, 4) is 0 Å². The van der Waals surface area contributed by atoms with Gasteiger partial charge in [-0.1, -0.05) is 31.7 Å². The Morgan fingerprint density at radius 1 is 1.09 bits per heavy atom. The van der Waals surface area contributed by atoms with E-state index in [1.165, 1.54) is 54.5 Å². The van der Waals surface area contributed by atoms with Gasteiger partial charge in [-0.2, -0.15) is 13.2 Å². The Morgan fingerprint density at radius 2 is 1.76 bits per heavy atom. The molecule has 0 unspecified atom stereocenters. The number of hydrazine groups is 1. The zero-order chi connectivity index (χ0) is 34.3. The van der Waals surface area contributed by atoms with Crippen LogP contribution in [0.2, 0.25) is 0 Å². The van der Waals surface area contributed by atoms with Crippen LogP contribution >= 0.6 is 11.8 Å². The van der Waals surface area contributed by atoms with E-state index in [2.05, 4.69) is 20.4 Å². The first-order valence-corrected chi connectivity index (χ1v) is 15.0. The zero-order valence-electron chi connectivity index (χ0n) is 26.8. The van der Waals surface area contributed by atoms with Gasteiger partial charge in [-0.15, -0.1) is 0 Å². The van der Waals surface area contributed by atoms with Crippen LogP contribution in [0.5, 0.6) is 0 Å². The van der Waals surface area contributed by atoms with Crippen LogP contribution in [0.1, 0.15) is 35.3 Å². The number of hydrogen-bond donors (Lipinski definition) is 4. The quantitative estimate of drug-likeness (QED) is 0.0878. The number of alkyl carbamates (subject to hydrolysis) is 1. The number of rotatable bonds is 10. The predicted molar refractivity (Wildman–Crippen MR) is 178 cm³/mol. The first-order valence-electron chi connectivity index (χ1n) is 13.8. The third kappa shape index (κ3) is 13.1. The Kier molecular flexibility index (Phi) is 16.0. The molecule has 0 saturated heterocycles. The molecule has 0 radical (unpaired) electrons. The highest BCUT2D eigenvalue weighted by atomic mass is 32.2. The summed E-state index contributed by atoms with van der Waals surface area (Å²) in [4.78, 5) is 32.2. The lowest BCUT2D eigenvalue weighted by Gasteiger charge is -2.23. The highest BCUT2D eigenvalue weighted by Crippen LogP contribution is 2.34. The van der Waals surface area contributed by atoms with E-state index >= 15 is 0 Å². The number of halogens is 3. The molecule has 2 aromatic rings. The minimum absolute atomic E-state index is 0.000564. The number of amidine groups is 1. The molecule has 15 heteroatoms. The fourth-order valence-electron chi connectivity index (χ4n) is 3.52. The fourth-order valence-corrected chi connectivity index (χ4v) is 3.87. The number of hydrogen-bond acceptors (Lipinski definition) is 10. The lowest BCUT2D eigenvalue weighted by Crippen LogP contribution is -2.28. The molecule has 6 N–H and O–H groups in total. The average Bonchev–Trinajstić information content (AvgIpc) is 2.99. The van der Waals surface area contributed by atoms with Gasteiger partial charge in [0.15, 0.2) is 5.17 Å². The number of nitrogens with one attached hydrogen (secondary N) is 2. The molecule has 2 rings (SSSR count). The van der Waals surface area contributed by atoms with Gasteiger partial charge in [0.2, 0.25) is 0 Å². The number of anilines is 3. The van der Waals surface area contributed by atoms with Crippen molar-refractivity contribution in [3.05, 3.63) is 77.3 Å². The summed E-state index contributed by atoms with van der Waals surface area (Å²) >= 11 is 1.18. The standard InChI is InChI=1S/C28H37F3N8O3S.C2H6/c1-18-7-8-19(13-24(18)39(33)17-21(32)9-10-34-26(43-6)36-27(41)42-5)25(40)35-22-14-20(28(29,30)31)15-23(16-22)38(4)12-11-37(2)3;1-2/h7-10,13-17H,11-12,32-33H2,1-6H3,(H,35,40)(H,34,36,41);1-2H3/b10-9+,21-17-;. The molecule has 248 valence electrons. The van der Waals surface area contributed by atoms with Crippen molar-refractivity contribution in [2.45, 2.75) is 26.9 Å². The molecule has 0 aliphatic heterocycles. The number of thioether (sulfide) groups is 1. The van der Waals surface area contributed by atoms with Gasteiger partial charge in [0, 0.05) is 49.5 Å². The summed E-state index contributed by atoms with van der Waals surface area (Å²) < 4.78 is 45.5. The number of ether oxygens (including phenoxy) is 1. The number of carbonyl (C=O) groups excluding carboxylic acids is 2. The molecular weight excluding hydrogens is 609 g/mol. The molecule has 0 fully saturated rings. The van der Waals surface area contributed by atoms with Crippen LogP contribution in [-0.2, 0) is 10.9 Å². The lowest BCUT2D eigenvalue weighted by atomic mass is 10.1. The van der Waals surface area contributed by atoms with E-state index in [-0.39, 0.29) is 22.1 Å². The largest absolute Gasteiger partial charge is 0.453 e. The Labute approximate surface area is 267 Å². The second-order valence-electron chi connectivity index (χ2n) is 9.55. The smallest absolute Gasteiger partial charge is 0.416 e. The van der Waals surface area contributed by atoms with Crippen molar-refractivity contribution in [2.75, 3.05) is 62.8 Å². The molecule has 45 heavy (non-hydrogen) atoms.